The van der Waals surface area contributed by atoms with Crippen molar-refractivity contribution in [2.75, 3.05) is 23.3 Å². The third kappa shape index (κ3) is 3.30. The van der Waals surface area contributed by atoms with Crippen LogP contribution < -0.4 is 15.5 Å². The molecule has 3 heterocycles. The number of hydrogen-bond donors (Lipinski definition) is 2. The average Bonchev–Trinajstić information content (AvgIpc) is 3.09. The van der Waals surface area contributed by atoms with Crippen LogP contribution in [0.4, 0.5) is 16.3 Å². The lowest BCUT2D eigenvalue weighted by Gasteiger charge is -2.18. The smallest absolute Gasteiger partial charge is 0.319 e. The van der Waals surface area contributed by atoms with Crippen molar-refractivity contribution in [2.24, 2.45) is 7.05 Å². The second kappa shape index (κ2) is 6.23. The van der Waals surface area contributed by atoms with Gasteiger partial charge >= 0.3 is 6.03 Å². The maximum Gasteiger partial charge on any atom is 0.319 e. The van der Waals surface area contributed by atoms with Gasteiger partial charge in [0.2, 0.25) is 0 Å². The minimum atomic E-state index is -0.230. The molecule has 22 heavy (non-hydrogen) atoms. The number of anilines is 2. The van der Waals surface area contributed by atoms with Gasteiger partial charge in [0.05, 0.1) is 16.9 Å². The Morgan fingerprint density at radius 1 is 1.50 bits per heavy atom. The highest BCUT2D eigenvalue weighted by Crippen LogP contribution is 2.25. The molecule has 1 saturated heterocycles. The van der Waals surface area contributed by atoms with E-state index < -0.39 is 0 Å². The second-order valence-electron chi connectivity index (χ2n) is 5.24. The predicted octanol–water partition coefficient (Wildman–Crippen LogP) is 1.87. The molecule has 0 radical (unpaired) electrons. The molecule has 1 atom stereocenters. The van der Waals surface area contributed by atoms with Crippen LogP contribution in [0.25, 0.3) is 0 Å². The van der Waals surface area contributed by atoms with Crippen molar-refractivity contribution in [1.29, 1.82) is 0 Å². The standard InChI is InChI=1S/C14H17ClN6O/c1-20-8-11(7-17-20)19-14(22)18-10-4-6-21(9-10)13-12(15)3-2-5-16-13/h2-3,5,7-8,10H,4,6,9H2,1H3,(H2,18,19,22). The molecule has 7 nitrogen and oxygen atoms in total. The fraction of sp³-hybridized carbons (Fsp3) is 0.357. The van der Waals surface area contributed by atoms with Crippen LogP contribution >= 0.6 is 11.6 Å². The van der Waals surface area contributed by atoms with E-state index in [1.807, 2.05) is 6.07 Å². The van der Waals surface area contributed by atoms with Gasteiger partial charge in [-0.3, -0.25) is 4.68 Å². The topological polar surface area (TPSA) is 75.1 Å². The van der Waals surface area contributed by atoms with E-state index >= 15 is 0 Å². The molecule has 1 aliphatic rings. The SMILES string of the molecule is Cn1cc(NC(=O)NC2CCN(c3ncccc3Cl)C2)cn1. The molecule has 3 rings (SSSR count). The van der Waals surface area contributed by atoms with Gasteiger partial charge in [0.1, 0.15) is 5.82 Å². The van der Waals surface area contributed by atoms with Crippen molar-refractivity contribution in [3.05, 3.63) is 35.7 Å². The molecule has 2 aromatic heterocycles. The highest BCUT2D eigenvalue weighted by Gasteiger charge is 2.26. The first kappa shape index (κ1) is 14.6. The van der Waals surface area contributed by atoms with Gasteiger partial charge < -0.3 is 15.5 Å². The Kier molecular flexibility index (Phi) is 4.15. The van der Waals surface area contributed by atoms with Crippen LogP contribution in [0.1, 0.15) is 6.42 Å². The highest BCUT2D eigenvalue weighted by molar-refractivity contribution is 6.32. The summed E-state index contributed by atoms with van der Waals surface area (Å²) in [5.41, 5.74) is 0.669. The number of aryl methyl sites for hydroxylation is 1. The summed E-state index contributed by atoms with van der Waals surface area (Å²) in [5, 5.41) is 10.4. The molecule has 0 saturated carbocycles. The number of urea groups is 1. The second-order valence-corrected chi connectivity index (χ2v) is 5.65. The van der Waals surface area contributed by atoms with E-state index in [1.54, 1.807) is 36.4 Å². The fourth-order valence-electron chi connectivity index (χ4n) is 2.52. The van der Waals surface area contributed by atoms with Gasteiger partial charge in [-0.2, -0.15) is 5.10 Å². The van der Waals surface area contributed by atoms with Crippen LogP contribution in [-0.2, 0) is 7.05 Å². The first-order valence-electron chi connectivity index (χ1n) is 7.03. The molecule has 1 aliphatic heterocycles. The van der Waals surface area contributed by atoms with E-state index in [2.05, 4.69) is 25.6 Å². The first-order valence-corrected chi connectivity index (χ1v) is 7.41. The maximum absolute atomic E-state index is 12.0. The summed E-state index contributed by atoms with van der Waals surface area (Å²) >= 11 is 6.15. The van der Waals surface area contributed by atoms with E-state index in [0.717, 1.165) is 18.8 Å². The molecule has 0 aromatic carbocycles. The Morgan fingerprint density at radius 2 is 2.36 bits per heavy atom. The lowest BCUT2D eigenvalue weighted by molar-refractivity contribution is 0.249. The minimum Gasteiger partial charge on any atom is -0.353 e. The van der Waals surface area contributed by atoms with E-state index in [1.165, 1.54) is 0 Å². The number of hydrogen-bond acceptors (Lipinski definition) is 4. The molecule has 1 fully saturated rings. The van der Waals surface area contributed by atoms with Gasteiger partial charge in [0.15, 0.2) is 0 Å². The number of rotatable bonds is 3. The predicted molar refractivity (Wildman–Crippen MR) is 85.2 cm³/mol. The number of amides is 2. The Morgan fingerprint density at radius 3 is 3.09 bits per heavy atom. The molecule has 116 valence electrons. The largest absolute Gasteiger partial charge is 0.353 e. The number of carbonyl (C=O) groups excluding carboxylic acids is 1. The third-order valence-electron chi connectivity index (χ3n) is 3.52. The number of nitrogens with zero attached hydrogens (tertiary/aromatic N) is 4. The Hall–Kier alpha value is -2.28. The zero-order chi connectivity index (χ0) is 15.5. The lowest BCUT2D eigenvalue weighted by Crippen LogP contribution is -2.39. The van der Waals surface area contributed by atoms with Crippen molar-refractivity contribution in [3.63, 3.8) is 0 Å². The van der Waals surface area contributed by atoms with Crippen molar-refractivity contribution < 1.29 is 4.79 Å². The molecule has 0 aliphatic carbocycles. The summed E-state index contributed by atoms with van der Waals surface area (Å²) in [7, 11) is 1.80. The van der Waals surface area contributed by atoms with Gasteiger partial charge in [0.25, 0.3) is 0 Å². The molecule has 1 unspecified atom stereocenters. The van der Waals surface area contributed by atoms with Crippen molar-refractivity contribution in [3.8, 4) is 0 Å². The molecule has 2 N–H and O–H groups in total. The Labute approximate surface area is 133 Å². The Balaban J connectivity index is 1.55. The molecule has 2 aromatic rings. The summed E-state index contributed by atoms with van der Waals surface area (Å²) in [6, 6.07) is 3.46. The molecule has 0 spiro atoms. The van der Waals surface area contributed by atoms with Crippen LogP contribution in [-0.4, -0.2) is 39.9 Å². The zero-order valence-corrected chi connectivity index (χ0v) is 12.9. The fourth-order valence-corrected chi connectivity index (χ4v) is 2.76. The van der Waals surface area contributed by atoms with Crippen LogP contribution in [0.2, 0.25) is 5.02 Å². The maximum atomic E-state index is 12.0. The quantitative estimate of drug-likeness (QED) is 0.905. The summed E-state index contributed by atoms with van der Waals surface area (Å²) < 4.78 is 1.63. The molecule has 0 bridgehead atoms. The van der Waals surface area contributed by atoms with E-state index in [9.17, 15) is 4.79 Å². The molecular formula is C14H17ClN6O. The van der Waals surface area contributed by atoms with Gasteiger partial charge in [0, 0.05) is 38.6 Å². The van der Waals surface area contributed by atoms with Gasteiger partial charge in [-0.15, -0.1) is 0 Å². The molecule has 8 heteroatoms. The number of pyridine rings is 1. The highest BCUT2D eigenvalue weighted by atomic mass is 35.5. The first-order chi connectivity index (χ1) is 10.6. The van der Waals surface area contributed by atoms with Crippen LogP contribution in [0, 0.1) is 0 Å². The number of aromatic nitrogens is 3. The molecule has 2 amide bonds. The molecular weight excluding hydrogens is 304 g/mol. The number of nitrogens with one attached hydrogen (secondary N) is 2. The summed E-state index contributed by atoms with van der Waals surface area (Å²) in [6.45, 7) is 1.51. The van der Waals surface area contributed by atoms with Crippen molar-refractivity contribution in [1.82, 2.24) is 20.1 Å². The van der Waals surface area contributed by atoms with E-state index in [-0.39, 0.29) is 12.1 Å². The number of carbonyl (C=O) groups is 1. The summed E-state index contributed by atoms with van der Waals surface area (Å²) in [5.74, 6) is 0.765. The third-order valence-corrected chi connectivity index (χ3v) is 3.82. The Bertz CT molecular complexity index is 673. The minimum absolute atomic E-state index is 0.0646. The van der Waals surface area contributed by atoms with Crippen molar-refractivity contribution >= 4 is 29.1 Å². The monoisotopic (exact) mass is 320 g/mol. The van der Waals surface area contributed by atoms with E-state index in [4.69, 9.17) is 11.6 Å². The average molecular weight is 321 g/mol. The van der Waals surface area contributed by atoms with Crippen LogP contribution in [0.15, 0.2) is 30.7 Å². The van der Waals surface area contributed by atoms with Gasteiger partial charge in [-0.1, -0.05) is 11.6 Å². The van der Waals surface area contributed by atoms with E-state index in [0.29, 0.717) is 17.3 Å². The summed E-state index contributed by atoms with van der Waals surface area (Å²) in [4.78, 5) is 18.3. The zero-order valence-electron chi connectivity index (χ0n) is 12.2. The summed E-state index contributed by atoms with van der Waals surface area (Å²) in [6.07, 6.45) is 5.92. The van der Waals surface area contributed by atoms with Gasteiger partial charge in [-0.05, 0) is 18.6 Å². The lowest BCUT2D eigenvalue weighted by atomic mass is 10.3. The number of halogens is 1. The van der Waals surface area contributed by atoms with Crippen LogP contribution in [0.3, 0.4) is 0 Å². The normalized spacial score (nSPS) is 17.5. The van der Waals surface area contributed by atoms with Crippen LogP contribution in [0.5, 0.6) is 0 Å². The van der Waals surface area contributed by atoms with Crippen molar-refractivity contribution in [2.45, 2.75) is 12.5 Å². The van der Waals surface area contributed by atoms with Gasteiger partial charge in [-0.25, -0.2) is 9.78 Å².